The lowest BCUT2D eigenvalue weighted by Gasteiger charge is -2.08. The highest BCUT2D eigenvalue weighted by Gasteiger charge is 2.31. The number of halogens is 6. The number of alkyl halides is 6. The van der Waals surface area contributed by atoms with Crippen molar-refractivity contribution in [1.29, 1.82) is 0 Å². The highest BCUT2D eigenvalue weighted by atomic mass is 32.1. The van der Waals surface area contributed by atoms with Gasteiger partial charge in [-0.05, 0) is 99.6 Å². The Morgan fingerprint density at radius 1 is 0.550 bits per heavy atom. The molecule has 6 aromatic carbocycles. The first-order valence-electron chi connectivity index (χ1n) is 18.6. The lowest BCUT2D eigenvalue weighted by Crippen LogP contribution is -2.05. The van der Waals surface area contributed by atoms with Gasteiger partial charge in [-0.15, -0.1) is 22.7 Å². The zero-order valence-corrected chi connectivity index (χ0v) is 33.4. The van der Waals surface area contributed by atoms with Crippen molar-refractivity contribution < 1.29 is 45.8 Å². The van der Waals surface area contributed by atoms with Gasteiger partial charge in [0.25, 0.3) is 0 Å². The van der Waals surface area contributed by atoms with Crippen molar-refractivity contribution in [1.82, 2.24) is 0 Å². The molecule has 2 heterocycles. The Labute approximate surface area is 349 Å². The number of hydrogen-bond donors (Lipinski definition) is 1. The molecule has 0 bridgehead atoms. The van der Waals surface area contributed by atoms with E-state index in [4.69, 9.17) is 9.84 Å². The van der Waals surface area contributed by atoms with Gasteiger partial charge in [-0.2, -0.15) is 26.3 Å². The number of benzene rings is 6. The molecule has 0 unspecified atom stereocenters. The summed E-state index contributed by atoms with van der Waals surface area (Å²) in [5.41, 5.74) is 4.53. The van der Waals surface area contributed by atoms with Crippen LogP contribution in [-0.2, 0) is 29.9 Å². The van der Waals surface area contributed by atoms with E-state index in [0.29, 0.717) is 36.1 Å². The molecule has 0 radical (unpaired) electrons. The van der Waals surface area contributed by atoms with Gasteiger partial charge in [0, 0.05) is 32.0 Å². The van der Waals surface area contributed by atoms with E-state index in [1.54, 1.807) is 66.8 Å². The highest BCUT2D eigenvalue weighted by Crippen LogP contribution is 2.39. The average Bonchev–Trinajstić information content (AvgIpc) is 3.84. The molecule has 8 aromatic rings. The van der Waals surface area contributed by atoms with Gasteiger partial charge in [-0.3, -0.25) is 0 Å². The summed E-state index contributed by atoms with van der Waals surface area (Å²) in [4.78, 5) is 24.9. The maximum absolute atomic E-state index is 13.0. The molecule has 0 saturated carbocycles. The third-order valence-corrected chi connectivity index (χ3v) is 12.0. The molecule has 60 heavy (non-hydrogen) atoms. The Kier molecular flexibility index (Phi) is 12.3. The SMILES string of the molecule is CCOC(=O)c1ccc(-c2cccc3cc(Cc4cccc(C(F)(F)F)c4)sc23)cc1.O=C(O)c1ccc(-c2cccc3cc(Cc4cccc(C(F)(F)F)c4)sc23)cc1. The van der Waals surface area contributed by atoms with E-state index >= 15 is 0 Å². The van der Waals surface area contributed by atoms with E-state index < -0.39 is 29.4 Å². The van der Waals surface area contributed by atoms with E-state index in [-0.39, 0.29) is 11.5 Å². The van der Waals surface area contributed by atoms with Crippen LogP contribution in [-0.4, -0.2) is 23.7 Å². The van der Waals surface area contributed by atoms with Gasteiger partial charge in [0.2, 0.25) is 0 Å². The molecule has 8 rings (SSSR count). The van der Waals surface area contributed by atoms with E-state index in [9.17, 15) is 35.9 Å². The zero-order chi connectivity index (χ0) is 42.6. The summed E-state index contributed by atoms with van der Waals surface area (Å²) in [6, 6.07) is 40.6. The molecule has 0 atom stereocenters. The number of fused-ring (bicyclic) bond motifs is 2. The van der Waals surface area contributed by atoms with Crippen LogP contribution in [0.2, 0.25) is 0 Å². The summed E-state index contributed by atoms with van der Waals surface area (Å²) in [5, 5.41) is 11.1. The Morgan fingerprint density at radius 2 is 0.967 bits per heavy atom. The number of carboxylic acids is 1. The van der Waals surface area contributed by atoms with Crippen LogP contribution in [0.15, 0.2) is 146 Å². The maximum Gasteiger partial charge on any atom is 0.416 e. The van der Waals surface area contributed by atoms with E-state index in [1.807, 2.05) is 60.7 Å². The number of carbonyl (C=O) groups is 2. The molecule has 0 amide bonds. The number of ether oxygens (including phenoxy) is 1. The Bertz CT molecular complexity index is 2800. The number of carbonyl (C=O) groups excluding carboxylic acids is 1. The smallest absolute Gasteiger partial charge is 0.416 e. The largest absolute Gasteiger partial charge is 0.478 e. The minimum Gasteiger partial charge on any atom is -0.478 e. The van der Waals surface area contributed by atoms with E-state index in [1.165, 1.54) is 35.6 Å². The number of hydrogen-bond acceptors (Lipinski definition) is 5. The third kappa shape index (κ3) is 9.78. The second kappa shape index (κ2) is 17.5. The summed E-state index contributed by atoms with van der Waals surface area (Å²) >= 11 is 3.11. The van der Waals surface area contributed by atoms with Gasteiger partial charge in [-0.25, -0.2) is 9.59 Å². The van der Waals surface area contributed by atoms with Crippen LogP contribution in [0.4, 0.5) is 26.3 Å². The maximum atomic E-state index is 13.0. The van der Waals surface area contributed by atoms with Crippen molar-refractivity contribution in [2.24, 2.45) is 0 Å². The lowest BCUT2D eigenvalue weighted by atomic mass is 10.0. The summed E-state index contributed by atoms with van der Waals surface area (Å²) in [7, 11) is 0. The first kappa shape index (κ1) is 41.9. The molecule has 4 nitrogen and oxygen atoms in total. The third-order valence-electron chi connectivity index (χ3n) is 9.61. The van der Waals surface area contributed by atoms with Crippen molar-refractivity contribution in [3.05, 3.63) is 189 Å². The molecule has 12 heteroatoms. The molecule has 304 valence electrons. The van der Waals surface area contributed by atoms with Crippen LogP contribution in [0, 0.1) is 0 Å². The summed E-state index contributed by atoms with van der Waals surface area (Å²) in [6.07, 6.45) is -7.85. The van der Waals surface area contributed by atoms with Crippen molar-refractivity contribution in [2.45, 2.75) is 32.1 Å². The highest BCUT2D eigenvalue weighted by molar-refractivity contribution is 7.20. The van der Waals surface area contributed by atoms with Gasteiger partial charge in [-0.1, -0.05) is 97.1 Å². The fraction of sp³-hybridized carbons (Fsp3) is 0.125. The number of thiophene rings is 2. The fourth-order valence-corrected chi connectivity index (χ4v) is 9.23. The molecule has 0 aliphatic carbocycles. The molecular weight excluding hydrogens is 819 g/mol. The molecule has 0 saturated heterocycles. The average molecular weight is 853 g/mol. The quantitative estimate of drug-likeness (QED) is 0.116. The minimum atomic E-state index is -4.36. The fourth-order valence-electron chi connectivity index (χ4n) is 6.77. The number of rotatable bonds is 9. The van der Waals surface area contributed by atoms with Crippen LogP contribution < -0.4 is 0 Å². The summed E-state index contributed by atoms with van der Waals surface area (Å²) in [5.74, 6) is -1.33. The number of esters is 1. The molecule has 0 spiro atoms. The standard InChI is InChI=1S/C25H19F3O2S.C23H15F3O2S/c1-2-30-24(29)18-11-9-17(10-12-18)22-8-4-6-19-15-21(31-23(19)22)14-16-5-3-7-20(13-16)25(26,27)28;24-23(25,26)18-5-1-3-14(11-18)12-19-13-17-4-2-6-20(21(17)29-19)15-7-9-16(10-8-15)22(27)28/h3-13,15H,2,14H2,1H3;1-11,13H,12H2,(H,27,28). The predicted molar refractivity (Wildman–Crippen MR) is 226 cm³/mol. The molecule has 2 aromatic heterocycles. The van der Waals surface area contributed by atoms with Crippen LogP contribution in [0.3, 0.4) is 0 Å². The first-order valence-corrected chi connectivity index (χ1v) is 20.3. The summed E-state index contributed by atoms with van der Waals surface area (Å²) < 4.78 is 85.0. The lowest BCUT2D eigenvalue weighted by molar-refractivity contribution is -0.138. The second-order valence-corrected chi connectivity index (χ2v) is 16.1. The van der Waals surface area contributed by atoms with Gasteiger partial charge >= 0.3 is 24.3 Å². The molecule has 0 aliphatic rings. The summed E-state index contributed by atoms with van der Waals surface area (Å²) in [6.45, 7) is 2.09. The number of carboxylic acid groups (broad SMARTS) is 1. The molecule has 0 fully saturated rings. The molecule has 1 N–H and O–H groups in total. The zero-order valence-electron chi connectivity index (χ0n) is 31.7. The minimum absolute atomic E-state index is 0.220. The van der Waals surface area contributed by atoms with Crippen LogP contribution in [0.1, 0.15) is 59.6 Å². The van der Waals surface area contributed by atoms with Gasteiger partial charge in [0.1, 0.15) is 0 Å². The topological polar surface area (TPSA) is 63.6 Å². The molecule has 0 aliphatic heterocycles. The monoisotopic (exact) mass is 852 g/mol. The van der Waals surface area contributed by atoms with Crippen molar-refractivity contribution >= 4 is 54.8 Å². The second-order valence-electron chi connectivity index (χ2n) is 13.8. The van der Waals surface area contributed by atoms with Crippen molar-refractivity contribution in [3.8, 4) is 22.3 Å². The van der Waals surface area contributed by atoms with Crippen LogP contribution in [0.5, 0.6) is 0 Å². The van der Waals surface area contributed by atoms with E-state index in [2.05, 4.69) is 0 Å². The van der Waals surface area contributed by atoms with Crippen molar-refractivity contribution in [3.63, 3.8) is 0 Å². The normalized spacial score (nSPS) is 11.7. The van der Waals surface area contributed by atoms with Gasteiger partial charge < -0.3 is 9.84 Å². The Hall–Kier alpha value is -6.24. The van der Waals surface area contributed by atoms with Crippen molar-refractivity contribution in [2.75, 3.05) is 6.61 Å². The Balaban J connectivity index is 0.000000182. The van der Waals surface area contributed by atoms with Gasteiger partial charge in [0.05, 0.1) is 28.9 Å². The van der Waals surface area contributed by atoms with E-state index in [0.717, 1.165) is 64.3 Å². The predicted octanol–water partition coefficient (Wildman–Crippen LogP) is 14.2. The Morgan fingerprint density at radius 3 is 1.37 bits per heavy atom. The van der Waals surface area contributed by atoms with Gasteiger partial charge in [0.15, 0.2) is 0 Å². The molecular formula is C48H34F6O4S2. The van der Waals surface area contributed by atoms with Crippen LogP contribution >= 0.6 is 22.7 Å². The first-order chi connectivity index (χ1) is 28.7. The number of aromatic carboxylic acids is 1. The van der Waals surface area contributed by atoms with Crippen LogP contribution in [0.25, 0.3) is 42.4 Å².